The lowest BCUT2D eigenvalue weighted by Gasteiger charge is -2.24. The van der Waals surface area contributed by atoms with E-state index in [4.69, 9.17) is 18.0 Å². The maximum absolute atomic E-state index is 14.3. The Balaban J connectivity index is 2.50. The molecule has 0 spiro atoms. The van der Waals surface area contributed by atoms with E-state index in [9.17, 15) is 8.78 Å². The fourth-order valence-electron chi connectivity index (χ4n) is 2.15. The lowest BCUT2D eigenvalue weighted by molar-refractivity contribution is 0.507. The van der Waals surface area contributed by atoms with Gasteiger partial charge in [0, 0.05) is 17.8 Å². The molecule has 0 saturated carbocycles. The molecule has 0 radical (unpaired) electrons. The van der Waals surface area contributed by atoms with E-state index in [0.29, 0.717) is 6.54 Å². The third-order valence-electron chi connectivity index (χ3n) is 3.28. The van der Waals surface area contributed by atoms with Crippen molar-refractivity contribution in [3.05, 3.63) is 59.2 Å². The van der Waals surface area contributed by atoms with Crippen LogP contribution >= 0.6 is 12.2 Å². The van der Waals surface area contributed by atoms with Crippen LogP contribution in [0.4, 0.5) is 20.2 Å². The zero-order valence-corrected chi connectivity index (χ0v) is 12.7. The maximum atomic E-state index is 14.3. The van der Waals surface area contributed by atoms with Crippen LogP contribution in [0.2, 0.25) is 0 Å². The van der Waals surface area contributed by atoms with Gasteiger partial charge in [0.2, 0.25) is 0 Å². The van der Waals surface area contributed by atoms with Gasteiger partial charge < -0.3 is 10.6 Å². The second-order valence-electron chi connectivity index (χ2n) is 4.70. The van der Waals surface area contributed by atoms with E-state index in [1.807, 2.05) is 38.1 Å². The Hall–Kier alpha value is -2.01. The molecule has 2 rings (SSSR count). The van der Waals surface area contributed by atoms with Crippen LogP contribution in [0, 0.1) is 18.6 Å². The predicted octanol–water partition coefficient (Wildman–Crippen LogP) is 4.07. The van der Waals surface area contributed by atoms with Crippen molar-refractivity contribution in [2.24, 2.45) is 5.73 Å². The van der Waals surface area contributed by atoms with Crippen LogP contribution in [-0.2, 0) is 0 Å². The highest BCUT2D eigenvalue weighted by atomic mass is 32.1. The molecule has 0 fully saturated rings. The Kier molecular flexibility index (Phi) is 4.53. The summed E-state index contributed by atoms with van der Waals surface area (Å²) in [5, 5.41) is 0. The lowest BCUT2D eigenvalue weighted by atomic mass is 10.1. The minimum absolute atomic E-state index is 0.0776. The summed E-state index contributed by atoms with van der Waals surface area (Å²) >= 11 is 4.71. The fourth-order valence-corrected chi connectivity index (χ4v) is 2.31. The summed E-state index contributed by atoms with van der Waals surface area (Å²) in [4.78, 5) is 1.54. The summed E-state index contributed by atoms with van der Waals surface area (Å²) in [7, 11) is 0. The molecule has 0 aliphatic rings. The van der Waals surface area contributed by atoms with E-state index in [0.717, 1.165) is 11.3 Å². The average Bonchev–Trinajstić information content (AvgIpc) is 2.45. The van der Waals surface area contributed by atoms with Crippen molar-refractivity contribution < 1.29 is 8.78 Å². The van der Waals surface area contributed by atoms with Crippen molar-refractivity contribution in [3.8, 4) is 0 Å². The second kappa shape index (κ2) is 6.18. The summed E-state index contributed by atoms with van der Waals surface area (Å²) < 4.78 is 28.3. The van der Waals surface area contributed by atoms with Gasteiger partial charge in [-0.2, -0.15) is 0 Å². The molecule has 0 unspecified atom stereocenters. The molecular formula is C16H16F2N2S. The number of aryl methyl sites for hydroxylation is 1. The van der Waals surface area contributed by atoms with Crippen LogP contribution in [-0.4, -0.2) is 11.5 Å². The van der Waals surface area contributed by atoms with Crippen LogP contribution in [0.5, 0.6) is 0 Å². The van der Waals surface area contributed by atoms with Crippen LogP contribution in [0.3, 0.4) is 0 Å². The normalized spacial score (nSPS) is 10.5. The number of rotatable bonds is 4. The van der Waals surface area contributed by atoms with E-state index in [2.05, 4.69) is 0 Å². The van der Waals surface area contributed by atoms with Crippen molar-refractivity contribution in [1.29, 1.82) is 0 Å². The molecule has 0 heterocycles. The fraction of sp³-hybridized carbons (Fsp3) is 0.188. The Bertz CT molecular complexity index is 669. The van der Waals surface area contributed by atoms with Crippen LogP contribution in [0.15, 0.2) is 36.4 Å². The SMILES string of the molecule is CCN(c1ccc(C)cc1)c1ccc(C(N)=S)c(F)c1F. The smallest absolute Gasteiger partial charge is 0.183 e. The zero-order chi connectivity index (χ0) is 15.6. The monoisotopic (exact) mass is 306 g/mol. The standard InChI is InChI=1S/C16H16F2N2S/c1-3-20(11-6-4-10(2)5-7-11)13-9-8-12(16(19)21)14(17)15(13)18/h4-9H,3H2,1-2H3,(H2,19,21). The third-order valence-corrected chi connectivity index (χ3v) is 3.50. The van der Waals surface area contributed by atoms with Crippen LogP contribution < -0.4 is 10.6 Å². The number of thiocarbonyl (C=S) groups is 1. The molecule has 0 bridgehead atoms. The number of nitrogens with two attached hydrogens (primary N) is 1. The van der Waals surface area contributed by atoms with Crippen molar-refractivity contribution in [3.63, 3.8) is 0 Å². The van der Waals surface area contributed by atoms with Crippen LogP contribution in [0.1, 0.15) is 18.1 Å². The maximum Gasteiger partial charge on any atom is 0.183 e. The van der Waals surface area contributed by atoms with Gasteiger partial charge in [-0.15, -0.1) is 0 Å². The van der Waals surface area contributed by atoms with Crippen molar-refractivity contribution >= 4 is 28.6 Å². The van der Waals surface area contributed by atoms with E-state index in [1.165, 1.54) is 12.1 Å². The van der Waals surface area contributed by atoms with Crippen molar-refractivity contribution in [2.45, 2.75) is 13.8 Å². The first kappa shape index (κ1) is 15.4. The molecular weight excluding hydrogens is 290 g/mol. The van der Waals surface area contributed by atoms with Gasteiger partial charge >= 0.3 is 0 Å². The van der Waals surface area contributed by atoms with E-state index in [1.54, 1.807) is 4.90 Å². The molecule has 2 nitrogen and oxygen atoms in total. The minimum atomic E-state index is -1.01. The Morgan fingerprint density at radius 3 is 2.24 bits per heavy atom. The van der Waals surface area contributed by atoms with Crippen LogP contribution in [0.25, 0.3) is 0 Å². The minimum Gasteiger partial charge on any atom is -0.389 e. The lowest BCUT2D eigenvalue weighted by Crippen LogP contribution is -2.20. The highest BCUT2D eigenvalue weighted by Crippen LogP contribution is 2.30. The zero-order valence-electron chi connectivity index (χ0n) is 11.9. The summed E-state index contributed by atoms with van der Waals surface area (Å²) in [5.74, 6) is -1.95. The first-order chi connectivity index (χ1) is 9.95. The number of hydrogen-bond acceptors (Lipinski definition) is 2. The van der Waals surface area contributed by atoms with Gasteiger partial charge in [-0.05, 0) is 38.1 Å². The van der Waals surface area contributed by atoms with Crippen molar-refractivity contribution in [1.82, 2.24) is 0 Å². The van der Waals surface area contributed by atoms with E-state index in [-0.39, 0.29) is 16.2 Å². The van der Waals surface area contributed by atoms with Gasteiger partial charge in [-0.3, -0.25) is 0 Å². The first-order valence-corrected chi connectivity index (χ1v) is 6.98. The Morgan fingerprint density at radius 2 is 1.71 bits per heavy atom. The average molecular weight is 306 g/mol. The van der Waals surface area contributed by atoms with Gasteiger partial charge in [0.05, 0.1) is 5.69 Å². The van der Waals surface area contributed by atoms with E-state index < -0.39 is 11.6 Å². The van der Waals surface area contributed by atoms with Gasteiger partial charge in [-0.25, -0.2) is 8.78 Å². The number of halogens is 2. The molecule has 0 saturated heterocycles. The molecule has 0 amide bonds. The van der Waals surface area contributed by atoms with Gasteiger partial charge in [-0.1, -0.05) is 29.9 Å². The summed E-state index contributed by atoms with van der Waals surface area (Å²) in [6.45, 7) is 4.35. The van der Waals surface area contributed by atoms with Gasteiger partial charge in [0.1, 0.15) is 4.99 Å². The number of nitrogens with zero attached hydrogens (tertiary/aromatic N) is 1. The molecule has 21 heavy (non-hydrogen) atoms. The highest BCUT2D eigenvalue weighted by Gasteiger charge is 2.19. The van der Waals surface area contributed by atoms with Crippen molar-refractivity contribution in [2.75, 3.05) is 11.4 Å². The van der Waals surface area contributed by atoms with Gasteiger partial charge in [0.15, 0.2) is 11.6 Å². The second-order valence-corrected chi connectivity index (χ2v) is 5.14. The quantitative estimate of drug-likeness (QED) is 0.864. The Labute approximate surface area is 128 Å². The summed E-state index contributed by atoms with van der Waals surface area (Å²) in [6, 6.07) is 10.5. The molecule has 0 aliphatic heterocycles. The molecule has 110 valence electrons. The molecule has 5 heteroatoms. The molecule has 2 aromatic carbocycles. The number of hydrogen-bond donors (Lipinski definition) is 1. The van der Waals surface area contributed by atoms with E-state index >= 15 is 0 Å². The predicted molar refractivity (Wildman–Crippen MR) is 86.1 cm³/mol. The topological polar surface area (TPSA) is 29.3 Å². The first-order valence-electron chi connectivity index (χ1n) is 6.57. The summed E-state index contributed by atoms with van der Waals surface area (Å²) in [5.41, 5.74) is 7.37. The number of anilines is 2. The highest BCUT2D eigenvalue weighted by molar-refractivity contribution is 7.80. The largest absolute Gasteiger partial charge is 0.389 e. The molecule has 0 atom stereocenters. The molecule has 2 N–H and O–H groups in total. The molecule has 0 aliphatic carbocycles. The molecule has 2 aromatic rings. The summed E-state index contributed by atoms with van der Waals surface area (Å²) in [6.07, 6.45) is 0. The molecule has 0 aromatic heterocycles. The third kappa shape index (κ3) is 3.03. The Morgan fingerprint density at radius 1 is 1.10 bits per heavy atom. The number of benzene rings is 2. The van der Waals surface area contributed by atoms with Gasteiger partial charge in [0.25, 0.3) is 0 Å².